The number of ether oxygens (including phenoxy) is 1. The fraction of sp³-hybridized carbons (Fsp3) is 0.300. The highest BCUT2D eigenvalue weighted by molar-refractivity contribution is 9.10. The molecule has 0 spiro atoms. The van der Waals surface area contributed by atoms with Crippen LogP contribution in [0.3, 0.4) is 0 Å². The molecule has 0 saturated carbocycles. The topological polar surface area (TPSA) is 64.3 Å². The van der Waals surface area contributed by atoms with Crippen molar-refractivity contribution in [3.63, 3.8) is 0 Å². The minimum absolute atomic E-state index is 0.255. The number of hydrogen-bond donors (Lipinski definition) is 2. The van der Waals surface area contributed by atoms with E-state index in [0.29, 0.717) is 6.54 Å². The highest BCUT2D eigenvalue weighted by atomic mass is 79.9. The fourth-order valence-electron chi connectivity index (χ4n) is 0.831. The predicted octanol–water partition coefficient (Wildman–Crippen LogP) is 2.02. The van der Waals surface area contributed by atoms with Crippen LogP contribution in [-0.4, -0.2) is 20.3 Å². The average Bonchev–Trinajstić information content (AvgIpc) is 2.27. The Morgan fingerprint density at radius 3 is 2.50 bits per heavy atom. The predicted molar refractivity (Wildman–Crippen MR) is 63.5 cm³/mol. The third-order valence-corrected chi connectivity index (χ3v) is 2.01. The summed E-state index contributed by atoms with van der Waals surface area (Å²) >= 11 is 3.16. The van der Waals surface area contributed by atoms with Crippen molar-refractivity contribution in [1.29, 1.82) is 0 Å². The van der Waals surface area contributed by atoms with Gasteiger partial charge in [0.15, 0.2) is 0 Å². The van der Waals surface area contributed by atoms with Gasteiger partial charge in [-0.05, 0) is 23.8 Å². The molecule has 0 radical (unpaired) electrons. The molecule has 0 heterocycles. The molecule has 0 aromatic heterocycles. The van der Waals surface area contributed by atoms with E-state index < -0.39 is 6.09 Å². The van der Waals surface area contributed by atoms with E-state index in [2.05, 4.69) is 26.0 Å². The van der Waals surface area contributed by atoms with E-state index in [-0.39, 0.29) is 5.82 Å². The Morgan fingerprint density at radius 1 is 1.56 bits per heavy atom. The van der Waals surface area contributed by atoms with Crippen LogP contribution in [0.5, 0.6) is 0 Å². The number of carbonyl (C=O) groups excluding carboxylic acids is 1. The molecule has 1 aromatic rings. The summed E-state index contributed by atoms with van der Waals surface area (Å²) in [4.78, 5) is 9.85. The van der Waals surface area contributed by atoms with Crippen molar-refractivity contribution in [3.05, 3.63) is 34.1 Å². The third kappa shape index (κ3) is 6.36. The quantitative estimate of drug-likeness (QED) is 0.832. The lowest BCUT2D eigenvalue weighted by Crippen LogP contribution is -2.16. The first-order valence-corrected chi connectivity index (χ1v) is 5.23. The van der Waals surface area contributed by atoms with Crippen molar-refractivity contribution in [3.8, 4) is 0 Å². The maximum atomic E-state index is 12.5. The van der Waals surface area contributed by atoms with Gasteiger partial charge in [0.05, 0.1) is 7.11 Å². The second-order valence-electron chi connectivity index (χ2n) is 2.72. The van der Waals surface area contributed by atoms with Gasteiger partial charge in [-0.2, -0.15) is 0 Å². The second kappa shape index (κ2) is 8.06. The Balaban J connectivity index is 0.000000325. The summed E-state index contributed by atoms with van der Waals surface area (Å²) in [6, 6.07) is 4.62. The van der Waals surface area contributed by atoms with Crippen LogP contribution in [-0.2, 0) is 11.3 Å². The lowest BCUT2D eigenvalue weighted by atomic mass is 10.2. The summed E-state index contributed by atoms with van der Waals surface area (Å²) in [6.07, 6.45) is -0.407. The number of methoxy groups -OCH3 is 1. The molecule has 0 fully saturated rings. The maximum Gasteiger partial charge on any atom is 0.406 e. The maximum absolute atomic E-state index is 12.5. The number of nitrogens with two attached hydrogens (primary N) is 1. The van der Waals surface area contributed by atoms with Crippen LogP contribution in [0.25, 0.3) is 0 Å². The molecule has 0 bridgehead atoms. The summed E-state index contributed by atoms with van der Waals surface area (Å²) in [7, 11) is 2.82. The molecule has 0 atom stereocenters. The van der Waals surface area contributed by atoms with Gasteiger partial charge in [0, 0.05) is 18.1 Å². The highest BCUT2D eigenvalue weighted by Crippen LogP contribution is 2.13. The summed E-state index contributed by atoms with van der Waals surface area (Å²) < 4.78 is 17.4. The number of hydrogen-bond acceptors (Lipinski definition) is 3. The lowest BCUT2D eigenvalue weighted by molar-refractivity contribution is 0.173. The van der Waals surface area contributed by atoms with Gasteiger partial charge in [-0.1, -0.05) is 15.9 Å². The molecule has 0 aliphatic carbocycles. The molecule has 0 saturated heterocycles. The molecule has 6 heteroatoms. The van der Waals surface area contributed by atoms with Crippen molar-refractivity contribution in [1.82, 2.24) is 5.32 Å². The Bertz CT molecular complexity index is 321. The third-order valence-electron chi connectivity index (χ3n) is 1.55. The minimum atomic E-state index is -0.407. The van der Waals surface area contributed by atoms with Crippen LogP contribution in [0.15, 0.2) is 22.7 Å². The molecule has 90 valence electrons. The van der Waals surface area contributed by atoms with Gasteiger partial charge >= 0.3 is 6.09 Å². The number of alkyl carbamates (subject to hydrolysis) is 1. The minimum Gasteiger partial charge on any atom is -0.453 e. The molecule has 16 heavy (non-hydrogen) atoms. The van der Waals surface area contributed by atoms with Gasteiger partial charge in [0.25, 0.3) is 0 Å². The SMILES string of the molecule is CNC(=O)OC.NCc1cc(F)cc(Br)c1. The number of carbonyl (C=O) groups is 1. The molecule has 1 amide bonds. The van der Waals surface area contributed by atoms with E-state index in [1.165, 1.54) is 26.3 Å². The van der Waals surface area contributed by atoms with Crippen molar-refractivity contribution < 1.29 is 13.9 Å². The first-order valence-electron chi connectivity index (χ1n) is 4.44. The largest absolute Gasteiger partial charge is 0.453 e. The lowest BCUT2D eigenvalue weighted by Gasteiger charge is -1.96. The van der Waals surface area contributed by atoms with Gasteiger partial charge in [-0.15, -0.1) is 0 Å². The standard InChI is InChI=1S/C7H7BrFN.C3H7NO2/c8-6-1-5(4-10)2-7(9)3-6;1-4-3(5)6-2/h1-3H,4,10H2;1-2H3,(H,4,5). The van der Waals surface area contributed by atoms with Crippen LogP contribution in [0.2, 0.25) is 0 Å². The summed E-state index contributed by atoms with van der Waals surface area (Å²) in [5, 5.41) is 2.25. The second-order valence-corrected chi connectivity index (χ2v) is 3.64. The Kier molecular flexibility index (Phi) is 7.49. The molecule has 4 nitrogen and oxygen atoms in total. The van der Waals surface area contributed by atoms with Crippen molar-refractivity contribution in [2.45, 2.75) is 6.54 Å². The molecular formula is C10H14BrFN2O2. The zero-order valence-electron chi connectivity index (χ0n) is 9.09. The van der Waals surface area contributed by atoms with Gasteiger partial charge in [0.2, 0.25) is 0 Å². The van der Waals surface area contributed by atoms with Gasteiger partial charge in [0.1, 0.15) is 5.82 Å². The van der Waals surface area contributed by atoms with Crippen molar-refractivity contribution in [2.24, 2.45) is 5.73 Å². The molecular weight excluding hydrogens is 279 g/mol. The molecule has 0 aliphatic rings. The zero-order valence-corrected chi connectivity index (χ0v) is 10.7. The monoisotopic (exact) mass is 292 g/mol. The number of halogens is 2. The highest BCUT2D eigenvalue weighted by Gasteiger charge is 1.95. The van der Waals surface area contributed by atoms with E-state index in [9.17, 15) is 9.18 Å². The average molecular weight is 293 g/mol. The van der Waals surface area contributed by atoms with Crippen LogP contribution >= 0.6 is 15.9 Å². The van der Waals surface area contributed by atoms with Crippen LogP contribution < -0.4 is 11.1 Å². The van der Waals surface area contributed by atoms with Crippen LogP contribution in [0.1, 0.15) is 5.56 Å². The van der Waals surface area contributed by atoms with E-state index in [1.807, 2.05) is 0 Å². The normalized spacial score (nSPS) is 8.81. The summed E-state index contributed by atoms with van der Waals surface area (Å²) in [5.41, 5.74) is 6.10. The van der Waals surface area contributed by atoms with E-state index in [1.54, 1.807) is 6.07 Å². The zero-order chi connectivity index (χ0) is 12.6. The Morgan fingerprint density at radius 2 is 2.19 bits per heavy atom. The molecule has 1 rings (SSSR count). The Hall–Kier alpha value is -1.14. The first kappa shape index (κ1) is 14.9. The smallest absolute Gasteiger partial charge is 0.406 e. The number of nitrogens with one attached hydrogen (secondary N) is 1. The van der Waals surface area contributed by atoms with Crippen molar-refractivity contribution >= 4 is 22.0 Å². The molecule has 0 unspecified atom stereocenters. The van der Waals surface area contributed by atoms with E-state index in [4.69, 9.17) is 5.73 Å². The molecule has 3 N–H and O–H groups in total. The molecule has 1 aromatic carbocycles. The van der Waals surface area contributed by atoms with E-state index >= 15 is 0 Å². The number of benzene rings is 1. The Labute approximate surface area is 102 Å². The summed E-state index contributed by atoms with van der Waals surface area (Å²) in [5.74, 6) is -0.255. The first-order chi connectivity index (χ1) is 7.53. The van der Waals surface area contributed by atoms with Gasteiger partial charge < -0.3 is 15.8 Å². The number of amides is 1. The van der Waals surface area contributed by atoms with Crippen LogP contribution in [0.4, 0.5) is 9.18 Å². The van der Waals surface area contributed by atoms with Gasteiger partial charge in [-0.25, -0.2) is 9.18 Å². The summed E-state index contributed by atoms with van der Waals surface area (Å²) in [6.45, 7) is 0.371. The molecule has 0 aliphatic heterocycles. The van der Waals surface area contributed by atoms with Crippen molar-refractivity contribution in [2.75, 3.05) is 14.2 Å². The van der Waals surface area contributed by atoms with Gasteiger partial charge in [-0.3, -0.25) is 0 Å². The van der Waals surface area contributed by atoms with Crippen LogP contribution in [0, 0.1) is 5.82 Å². The van der Waals surface area contributed by atoms with E-state index in [0.717, 1.165) is 10.0 Å². The fourth-order valence-corrected chi connectivity index (χ4v) is 1.34. The number of rotatable bonds is 1.